The lowest BCUT2D eigenvalue weighted by molar-refractivity contribution is -0.128. The molecule has 0 aromatic carbocycles. The molecule has 0 saturated carbocycles. The summed E-state index contributed by atoms with van der Waals surface area (Å²) in [6.45, 7) is 0. The van der Waals surface area contributed by atoms with Crippen LogP contribution in [0.15, 0.2) is 22.8 Å². The van der Waals surface area contributed by atoms with Gasteiger partial charge in [0.15, 0.2) is 4.83 Å². The molecule has 1 nitrogen and oxygen atoms in total. The summed E-state index contributed by atoms with van der Waals surface area (Å²) >= 11 is 5.60. The lowest BCUT2D eigenvalue weighted by Gasteiger charge is -2.12. The third-order valence-electron chi connectivity index (χ3n) is 1.29. The molecule has 0 fully saturated rings. The molecule has 0 spiro atoms. The number of rotatable bonds is 1. The second kappa shape index (κ2) is 3.96. The van der Waals surface area contributed by atoms with Crippen LogP contribution in [-0.2, 0) is 0 Å². The summed E-state index contributed by atoms with van der Waals surface area (Å²) in [5, 5.41) is 0. The summed E-state index contributed by atoms with van der Waals surface area (Å²) in [5.74, 6) is 0. The highest BCUT2D eigenvalue weighted by Crippen LogP contribution is 2.39. The van der Waals surface area contributed by atoms with E-state index in [2.05, 4.69) is 36.8 Å². The van der Waals surface area contributed by atoms with Crippen molar-refractivity contribution < 1.29 is 13.2 Å². The summed E-state index contributed by atoms with van der Waals surface area (Å²) in [7, 11) is 0. The molecule has 0 N–H and O–H groups in total. The first kappa shape index (κ1) is 11.0. The van der Waals surface area contributed by atoms with Crippen molar-refractivity contribution in [3.63, 3.8) is 0 Å². The van der Waals surface area contributed by atoms with Crippen molar-refractivity contribution in [1.29, 1.82) is 0 Å². The molecule has 0 aliphatic rings. The Morgan fingerprint density at radius 2 is 2.00 bits per heavy atom. The Bertz CT molecular complexity index is 300. The first-order chi connectivity index (χ1) is 5.91. The summed E-state index contributed by atoms with van der Waals surface area (Å²) in [5.41, 5.74) is -0.0538. The van der Waals surface area contributed by atoms with E-state index in [0.29, 0.717) is 4.47 Å². The zero-order valence-electron chi connectivity index (χ0n) is 6.15. The minimum atomic E-state index is -4.31. The highest BCUT2D eigenvalue weighted by atomic mass is 79.9. The molecule has 0 bridgehead atoms. The van der Waals surface area contributed by atoms with Crippen LogP contribution in [0.25, 0.3) is 0 Å². The number of hydrogen-bond donors (Lipinski definition) is 0. The van der Waals surface area contributed by atoms with Gasteiger partial charge in [-0.2, -0.15) is 13.2 Å². The molecule has 0 unspecified atom stereocenters. The van der Waals surface area contributed by atoms with Crippen molar-refractivity contribution in [3.05, 3.63) is 28.5 Å². The molecule has 0 amide bonds. The van der Waals surface area contributed by atoms with E-state index in [9.17, 15) is 13.2 Å². The Labute approximate surface area is 89.6 Å². The van der Waals surface area contributed by atoms with Crippen LogP contribution in [0.2, 0.25) is 0 Å². The van der Waals surface area contributed by atoms with Gasteiger partial charge in [0.1, 0.15) is 0 Å². The number of aromatic nitrogens is 1. The molecule has 1 heterocycles. The summed E-state index contributed by atoms with van der Waals surface area (Å²) in [4.78, 5) is 1.90. The van der Waals surface area contributed by atoms with Crippen molar-refractivity contribution >= 4 is 31.9 Å². The molecule has 1 atom stereocenters. The highest BCUT2D eigenvalue weighted by Gasteiger charge is 2.39. The topological polar surface area (TPSA) is 12.9 Å². The van der Waals surface area contributed by atoms with Gasteiger partial charge in [-0.15, -0.1) is 0 Å². The molecule has 1 aromatic heterocycles. The quantitative estimate of drug-likeness (QED) is 0.717. The third kappa shape index (κ3) is 2.95. The largest absolute Gasteiger partial charge is 0.406 e. The van der Waals surface area contributed by atoms with Crippen LogP contribution in [0.4, 0.5) is 13.2 Å². The average molecular weight is 319 g/mol. The van der Waals surface area contributed by atoms with Gasteiger partial charge in [-0.05, 0) is 12.1 Å². The fraction of sp³-hybridized carbons (Fsp3) is 0.286. The van der Waals surface area contributed by atoms with Gasteiger partial charge in [-0.3, -0.25) is 4.98 Å². The third-order valence-corrected chi connectivity index (χ3v) is 2.77. The van der Waals surface area contributed by atoms with Crippen LogP contribution in [0.3, 0.4) is 0 Å². The van der Waals surface area contributed by atoms with Gasteiger partial charge in [0, 0.05) is 10.7 Å². The lowest BCUT2D eigenvalue weighted by Crippen LogP contribution is -2.16. The van der Waals surface area contributed by atoms with Crippen molar-refractivity contribution in [2.75, 3.05) is 0 Å². The lowest BCUT2D eigenvalue weighted by atomic mass is 10.3. The molecule has 1 rings (SSSR count). The Morgan fingerprint density at radius 1 is 1.38 bits per heavy atom. The predicted molar refractivity (Wildman–Crippen MR) is 49.7 cm³/mol. The first-order valence-corrected chi connectivity index (χ1v) is 4.94. The first-order valence-electron chi connectivity index (χ1n) is 3.23. The van der Waals surface area contributed by atoms with Crippen molar-refractivity contribution in [3.8, 4) is 0 Å². The molecule has 0 aliphatic heterocycles. The monoisotopic (exact) mass is 317 g/mol. The van der Waals surface area contributed by atoms with Crippen LogP contribution in [0.1, 0.15) is 10.5 Å². The van der Waals surface area contributed by atoms with Gasteiger partial charge >= 0.3 is 6.18 Å². The van der Waals surface area contributed by atoms with Gasteiger partial charge in [0.05, 0.1) is 5.69 Å². The van der Waals surface area contributed by atoms with E-state index in [1.54, 1.807) is 6.07 Å². The van der Waals surface area contributed by atoms with Crippen LogP contribution >= 0.6 is 31.9 Å². The maximum absolute atomic E-state index is 12.2. The van der Waals surface area contributed by atoms with E-state index in [1.807, 2.05) is 0 Å². The van der Waals surface area contributed by atoms with Crippen molar-refractivity contribution in [1.82, 2.24) is 4.98 Å². The fourth-order valence-corrected chi connectivity index (χ4v) is 1.33. The van der Waals surface area contributed by atoms with Gasteiger partial charge in [-0.25, -0.2) is 0 Å². The minimum absolute atomic E-state index is 0.0538. The smallest absolute Gasteiger partial charge is 0.260 e. The molecule has 6 heteroatoms. The van der Waals surface area contributed by atoms with E-state index >= 15 is 0 Å². The van der Waals surface area contributed by atoms with E-state index in [-0.39, 0.29) is 5.69 Å². The second-order valence-corrected chi connectivity index (χ2v) is 4.13. The summed E-state index contributed by atoms with van der Waals surface area (Å²) < 4.78 is 37.1. The molecular formula is C7H4Br2F3N. The minimum Gasteiger partial charge on any atom is -0.260 e. The Balaban J connectivity index is 2.96. The Morgan fingerprint density at radius 3 is 2.46 bits per heavy atom. The van der Waals surface area contributed by atoms with Crippen LogP contribution in [-0.4, -0.2) is 11.2 Å². The molecule has 0 radical (unpaired) electrons. The summed E-state index contributed by atoms with van der Waals surface area (Å²) in [6, 6.07) is 2.90. The summed E-state index contributed by atoms with van der Waals surface area (Å²) in [6.07, 6.45) is -2.99. The molecule has 13 heavy (non-hydrogen) atoms. The maximum atomic E-state index is 12.2. The SMILES string of the molecule is FC(F)(F)[C@@H](Br)c1cc(Br)ccn1. The average Bonchev–Trinajstić information content (AvgIpc) is 2.01. The molecule has 72 valence electrons. The number of alkyl halides is 4. The Kier molecular flexibility index (Phi) is 3.34. The van der Waals surface area contributed by atoms with E-state index in [1.165, 1.54) is 12.3 Å². The molecular weight excluding hydrogens is 315 g/mol. The van der Waals surface area contributed by atoms with Crippen LogP contribution in [0.5, 0.6) is 0 Å². The molecule has 1 aromatic rings. The Hall–Kier alpha value is -0.100. The molecule has 0 aliphatic carbocycles. The van der Waals surface area contributed by atoms with Gasteiger partial charge in [-0.1, -0.05) is 31.9 Å². The second-order valence-electron chi connectivity index (χ2n) is 2.30. The van der Waals surface area contributed by atoms with Crippen LogP contribution < -0.4 is 0 Å². The van der Waals surface area contributed by atoms with E-state index in [0.717, 1.165) is 0 Å². The number of nitrogens with zero attached hydrogens (tertiary/aromatic N) is 1. The van der Waals surface area contributed by atoms with Crippen LogP contribution in [0, 0.1) is 0 Å². The van der Waals surface area contributed by atoms with Crippen molar-refractivity contribution in [2.24, 2.45) is 0 Å². The predicted octanol–water partition coefficient (Wildman–Crippen LogP) is 3.84. The van der Waals surface area contributed by atoms with E-state index < -0.39 is 11.0 Å². The number of pyridine rings is 1. The number of hydrogen-bond acceptors (Lipinski definition) is 1. The normalized spacial score (nSPS) is 14.2. The van der Waals surface area contributed by atoms with Crippen molar-refractivity contribution in [2.45, 2.75) is 11.0 Å². The maximum Gasteiger partial charge on any atom is 0.406 e. The standard InChI is InChI=1S/C7H4Br2F3N/c8-4-1-2-13-5(3-4)6(9)7(10,11)12/h1-3,6H/t6-/m0/s1. The molecule has 0 saturated heterocycles. The highest BCUT2D eigenvalue weighted by molar-refractivity contribution is 9.10. The fourth-order valence-electron chi connectivity index (χ4n) is 0.727. The number of halogens is 5. The zero-order chi connectivity index (χ0) is 10.1. The van der Waals surface area contributed by atoms with E-state index in [4.69, 9.17) is 0 Å². The zero-order valence-corrected chi connectivity index (χ0v) is 9.32. The van der Waals surface area contributed by atoms with Gasteiger partial charge < -0.3 is 0 Å². The van der Waals surface area contributed by atoms with Gasteiger partial charge in [0.2, 0.25) is 0 Å². The van der Waals surface area contributed by atoms with Gasteiger partial charge in [0.25, 0.3) is 0 Å².